The number of anilines is 2. The Morgan fingerprint density at radius 2 is 2.19 bits per heavy atom. The van der Waals surface area contributed by atoms with Crippen LogP contribution in [0.4, 0.5) is 11.8 Å². The van der Waals surface area contributed by atoms with Crippen molar-refractivity contribution in [2.45, 2.75) is 57.4 Å². The van der Waals surface area contributed by atoms with Crippen LogP contribution in [0.25, 0.3) is 0 Å². The fourth-order valence-electron chi connectivity index (χ4n) is 3.87. The van der Waals surface area contributed by atoms with Gasteiger partial charge in [0.1, 0.15) is 5.82 Å². The number of rotatable bonds is 7. The summed E-state index contributed by atoms with van der Waals surface area (Å²) < 4.78 is 33.0. The van der Waals surface area contributed by atoms with Crippen LogP contribution in [0.5, 0.6) is 0 Å². The minimum Gasteiger partial charge on any atom is -0.376 e. The van der Waals surface area contributed by atoms with E-state index in [1.54, 1.807) is 13.1 Å². The van der Waals surface area contributed by atoms with E-state index >= 15 is 0 Å². The standard InChI is InChI=1S/C18H31N5O3S/c1-4-20-27(24,25)14-8-10-23(12-14)18-19-9-7-16(22-18)21-15-6-5-11-26-17(15)13(2)3/h7,9,13-15,17,20H,4-6,8,10-12H2,1-3H3,(H,19,21,22). The highest BCUT2D eigenvalue weighted by Crippen LogP contribution is 2.25. The molecule has 3 unspecified atom stereocenters. The van der Waals surface area contributed by atoms with Gasteiger partial charge in [-0.25, -0.2) is 18.1 Å². The Kier molecular flexibility index (Phi) is 6.54. The quantitative estimate of drug-likeness (QED) is 0.721. The summed E-state index contributed by atoms with van der Waals surface area (Å²) in [5, 5.41) is 3.08. The van der Waals surface area contributed by atoms with Crippen LogP contribution < -0.4 is 14.9 Å². The lowest BCUT2D eigenvalue weighted by Gasteiger charge is -2.35. The maximum atomic E-state index is 12.2. The van der Waals surface area contributed by atoms with Crippen molar-refractivity contribution in [3.8, 4) is 0 Å². The Morgan fingerprint density at radius 1 is 1.37 bits per heavy atom. The van der Waals surface area contributed by atoms with Gasteiger partial charge in [-0.2, -0.15) is 4.98 Å². The fourth-order valence-corrected chi connectivity index (χ4v) is 5.30. The number of hydrogen-bond acceptors (Lipinski definition) is 7. The second-order valence-electron chi connectivity index (χ2n) is 7.61. The molecular formula is C18H31N5O3S. The fraction of sp³-hybridized carbons (Fsp3) is 0.778. The average Bonchev–Trinajstić information content (AvgIpc) is 3.13. The molecule has 0 spiro atoms. The summed E-state index contributed by atoms with van der Waals surface area (Å²) in [6, 6.07) is 2.08. The van der Waals surface area contributed by atoms with E-state index in [0.29, 0.717) is 37.9 Å². The summed E-state index contributed by atoms with van der Waals surface area (Å²) in [4.78, 5) is 10.9. The first-order valence-corrected chi connectivity index (χ1v) is 11.4. The molecule has 9 heteroatoms. The number of hydrogen-bond donors (Lipinski definition) is 2. The normalized spacial score (nSPS) is 26.5. The van der Waals surface area contributed by atoms with Gasteiger partial charge < -0.3 is 15.0 Å². The minimum atomic E-state index is -3.28. The van der Waals surface area contributed by atoms with E-state index < -0.39 is 15.3 Å². The first-order chi connectivity index (χ1) is 12.9. The molecule has 2 fully saturated rings. The molecule has 0 saturated carbocycles. The van der Waals surface area contributed by atoms with E-state index in [1.807, 2.05) is 11.0 Å². The molecule has 0 aromatic carbocycles. The summed E-state index contributed by atoms with van der Waals surface area (Å²) in [5.74, 6) is 1.77. The maximum absolute atomic E-state index is 12.2. The van der Waals surface area contributed by atoms with E-state index in [-0.39, 0.29) is 12.1 Å². The Bertz CT molecular complexity index is 727. The van der Waals surface area contributed by atoms with E-state index in [1.165, 1.54) is 0 Å². The third-order valence-electron chi connectivity index (χ3n) is 5.21. The second-order valence-corrected chi connectivity index (χ2v) is 9.66. The molecule has 0 bridgehead atoms. The first-order valence-electron chi connectivity index (χ1n) is 9.85. The number of nitrogens with one attached hydrogen (secondary N) is 2. The highest BCUT2D eigenvalue weighted by molar-refractivity contribution is 7.90. The van der Waals surface area contributed by atoms with Gasteiger partial charge in [0.15, 0.2) is 0 Å². The molecule has 0 amide bonds. The smallest absolute Gasteiger partial charge is 0.227 e. The average molecular weight is 398 g/mol. The lowest BCUT2D eigenvalue weighted by molar-refractivity contribution is -0.0203. The van der Waals surface area contributed by atoms with Crippen molar-refractivity contribution in [1.82, 2.24) is 14.7 Å². The SMILES string of the molecule is CCNS(=O)(=O)C1CCN(c2nccc(NC3CCCOC3C(C)C)n2)C1. The van der Waals surface area contributed by atoms with E-state index in [0.717, 1.165) is 25.3 Å². The molecule has 3 rings (SSSR count). The summed E-state index contributed by atoms with van der Waals surface area (Å²) in [6.07, 6.45) is 4.57. The molecule has 0 radical (unpaired) electrons. The summed E-state index contributed by atoms with van der Waals surface area (Å²) >= 11 is 0. The second kappa shape index (κ2) is 8.70. The van der Waals surface area contributed by atoms with Gasteiger partial charge in [-0.1, -0.05) is 20.8 Å². The van der Waals surface area contributed by atoms with Crippen LogP contribution in [0, 0.1) is 5.92 Å². The third-order valence-corrected chi connectivity index (χ3v) is 7.17. The Labute approximate surface area is 162 Å². The lowest BCUT2D eigenvalue weighted by atomic mass is 9.94. The molecule has 2 aliphatic heterocycles. The molecule has 27 heavy (non-hydrogen) atoms. The molecule has 1 aromatic heterocycles. The molecule has 2 saturated heterocycles. The van der Waals surface area contributed by atoms with Gasteiger partial charge in [-0.15, -0.1) is 0 Å². The van der Waals surface area contributed by atoms with Crippen molar-refractivity contribution in [3.05, 3.63) is 12.3 Å². The molecular weight excluding hydrogens is 366 g/mol. The minimum absolute atomic E-state index is 0.165. The maximum Gasteiger partial charge on any atom is 0.227 e. The number of aromatic nitrogens is 2. The van der Waals surface area contributed by atoms with Crippen LogP contribution in [-0.2, 0) is 14.8 Å². The van der Waals surface area contributed by atoms with Crippen LogP contribution in [0.1, 0.15) is 40.0 Å². The van der Waals surface area contributed by atoms with Gasteiger partial charge in [-0.05, 0) is 31.2 Å². The summed E-state index contributed by atoms with van der Waals surface area (Å²) in [7, 11) is -3.28. The number of ether oxygens (including phenoxy) is 1. The zero-order valence-electron chi connectivity index (χ0n) is 16.4. The van der Waals surface area contributed by atoms with Crippen LogP contribution in [0.15, 0.2) is 12.3 Å². The zero-order valence-corrected chi connectivity index (χ0v) is 17.2. The van der Waals surface area contributed by atoms with Gasteiger partial charge in [0.05, 0.1) is 17.4 Å². The van der Waals surface area contributed by atoms with Crippen molar-refractivity contribution >= 4 is 21.8 Å². The Hall–Kier alpha value is -1.45. The Balaban J connectivity index is 1.67. The van der Waals surface area contributed by atoms with Gasteiger partial charge in [0, 0.05) is 32.4 Å². The molecule has 2 N–H and O–H groups in total. The van der Waals surface area contributed by atoms with Crippen molar-refractivity contribution in [1.29, 1.82) is 0 Å². The van der Waals surface area contributed by atoms with E-state index in [9.17, 15) is 8.42 Å². The largest absolute Gasteiger partial charge is 0.376 e. The van der Waals surface area contributed by atoms with Crippen molar-refractivity contribution < 1.29 is 13.2 Å². The van der Waals surface area contributed by atoms with E-state index in [4.69, 9.17) is 4.74 Å². The van der Waals surface area contributed by atoms with Gasteiger partial charge >= 0.3 is 0 Å². The van der Waals surface area contributed by atoms with Gasteiger partial charge in [0.25, 0.3) is 0 Å². The molecule has 1 aromatic rings. The van der Waals surface area contributed by atoms with Crippen molar-refractivity contribution in [3.63, 3.8) is 0 Å². The lowest BCUT2D eigenvalue weighted by Crippen LogP contribution is -2.43. The summed E-state index contributed by atoms with van der Waals surface area (Å²) in [6.45, 7) is 8.42. The van der Waals surface area contributed by atoms with E-state index in [2.05, 4.69) is 33.9 Å². The molecule has 2 aliphatic rings. The third kappa shape index (κ3) is 4.89. The highest BCUT2D eigenvalue weighted by atomic mass is 32.2. The predicted octanol–water partition coefficient (Wildman–Crippen LogP) is 1.61. The molecule has 152 valence electrons. The van der Waals surface area contributed by atoms with Crippen LogP contribution >= 0.6 is 0 Å². The molecule has 0 aliphatic carbocycles. The summed E-state index contributed by atoms with van der Waals surface area (Å²) in [5.41, 5.74) is 0. The monoisotopic (exact) mass is 397 g/mol. The zero-order chi connectivity index (χ0) is 19.4. The van der Waals surface area contributed by atoms with Crippen LogP contribution in [0.3, 0.4) is 0 Å². The molecule has 3 heterocycles. The van der Waals surface area contributed by atoms with Crippen molar-refractivity contribution in [2.75, 3.05) is 36.5 Å². The first kappa shape index (κ1) is 20.3. The molecule has 3 atom stereocenters. The number of sulfonamides is 1. The highest BCUT2D eigenvalue weighted by Gasteiger charge is 2.34. The topological polar surface area (TPSA) is 96.5 Å². The molecule has 8 nitrogen and oxygen atoms in total. The predicted molar refractivity (Wildman–Crippen MR) is 106 cm³/mol. The Morgan fingerprint density at radius 3 is 2.93 bits per heavy atom. The van der Waals surface area contributed by atoms with Crippen molar-refractivity contribution in [2.24, 2.45) is 5.92 Å². The van der Waals surface area contributed by atoms with Gasteiger partial charge in [-0.3, -0.25) is 0 Å². The van der Waals surface area contributed by atoms with Crippen LogP contribution in [-0.4, -0.2) is 62.0 Å². The van der Waals surface area contributed by atoms with Gasteiger partial charge in [0.2, 0.25) is 16.0 Å². The van der Waals surface area contributed by atoms with Crippen LogP contribution in [0.2, 0.25) is 0 Å². The number of nitrogens with zero attached hydrogens (tertiary/aromatic N) is 3.